The first-order valence-corrected chi connectivity index (χ1v) is 8.32. The van der Waals surface area contributed by atoms with Gasteiger partial charge in [-0.1, -0.05) is 13.0 Å². The minimum Gasteiger partial charge on any atom is -0.508 e. The highest BCUT2D eigenvalue weighted by atomic mass is 32.2. The SMILES string of the molecule is CCCN(CCSC)C1COc2cccc(O)c2C1. The maximum atomic E-state index is 9.96. The van der Waals surface area contributed by atoms with Crippen LogP contribution in [-0.4, -0.2) is 47.8 Å². The lowest BCUT2D eigenvalue weighted by molar-refractivity contribution is 0.124. The fourth-order valence-corrected chi connectivity index (χ4v) is 3.00. The Morgan fingerprint density at radius 3 is 3.00 bits per heavy atom. The van der Waals surface area contributed by atoms with Crippen LogP contribution in [0.2, 0.25) is 0 Å². The highest BCUT2D eigenvalue weighted by molar-refractivity contribution is 7.98. The molecule has 2 rings (SSSR count). The number of phenolic OH excluding ortho intramolecular Hbond substituents is 1. The van der Waals surface area contributed by atoms with Crippen molar-refractivity contribution in [3.8, 4) is 11.5 Å². The van der Waals surface area contributed by atoms with Crippen molar-refractivity contribution < 1.29 is 9.84 Å². The van der Waals surface area contributed by atoms with Crippen molar-refractivity contribution in [2.45, 2.75) is 25.8 Å². The van der Waals surface area contributed by atoms with Crippen LogP contribution in [-0.2, 0) is 6.42 Å². The molecule has 106 valence electrons. The zero-order chi connectivity index (χ0) is 13.7. The maximum absolute atomic E-state index is 9.96. The van der Waals surface area contributed by atoms with E-state index in [2.05, 4.69) is 18.1 Å². The highest BCUT2D eigenvalue weighted by Crippen LogP contribution is 2.33. The third kappa shape index (κ3) is 3.57. The molecule has 0 saturated heterocycles. The molecule has 4 heteroatoms. The summed E-state index contributed by atoms with van der Waals surface area (Å²) in [6.07, 6.45) is 4.18. The second kappa shape index (κ2) is 7.06. The number of phenols is 1. The minimum atomic E-state index is 0.364. The monoisotopic (exact) mass is 281 g/mol. The maximum Gasteiger partial charge on any atom is 0.126 e. The molecule has 1 aliphatic heterocycles. The van der Waals surface area contributed by atoms with Crippen LogP contribution in [0, 0.1) is 0 Å². The van der Waals surface area contributed by atoms with Gasteiger partial charge in [0.25, 0.3) is 0 Å². The van der Waals surface area contributed by atoms with Gasteiger partial charge in [0.1, 0.15) is 18.1 Å². The Morgan fingerprint density at radius 2 is 2.26 bits per heavy atom. The molecule has 0 bridgehead atoms. The van der Waals surface area contributed by atoms with E-state index in [1.54, 1.807) is 6.07 Å². The predicted octanol–water partition coefficient (Wildman–Crippen LogP) is 2.77. The largest absolute Gasteiger partial charge is 0.508 e. The molecular weight excluding hydrogens is 258 g/mol. The van der Waals surface area contributed by atoms with Crippen molar-refractivity contribution >= 4 is 11.8 Å². The van der Waals surface area contributed by atoms with Gasteiger partial charge in [-0.15, -0.1) is 0 Å². The summed E-state index contributed by atoms with van der Waals surface area (Å²) in [6.45, 7) is 5.12. The first-order valence-electron chi connectivity index (χ1n) is 6.93. The average Bonchev–Trinajstić information content (AvgIpc) is 2.44. The second-order valence-electron chi connectivity index (χ2n) is 4.95. The van der Waals surface area contributed by atoms with Crippen LogP contribution < -0.4 is 4.74 Å². The van der Waals surface area contributed by atoms with Crippen LogP contribution in [0.5, 0.6) is 11.5 Å². The summed E-state index contributed by atoms with van der Waals surface area (Å²) in [5, 5.41) is 9.96. The van der Waals surface area contributed by atoms with E-state index in [0.29, 0.717) is 11.8 Å². The van der Waals surface area contributed by atoms with Crippen molar-refractivity contribution in [2.24, 2.45) is 0 Å². The zero-order valence-corrected chi connectivity index (χ0v) is 12.6. The van der Waals surface area contributed by atoms with Crippen molar-refractivity contribution in [1.29, 1.82) is 0 Å². The van der Waals surface area contributed by atoms with Crippen LogP contribution in [0.15, 0.2) is 18.2 Å². The zero-order valence-electron chi connectivity index (χ0n) is 11.8. The van der Waals surface area contributed by atoms with Gasteiger partial charge in [0.2, 0.25) is 0 Å². The van der Waals surface area contributed by atoms with Gasteiger partial charge >= 0.3 is 0 Å². The van der Waals surface area contributed by atoms with Crippen molar-refractivity contribution in [3.05, 3.63) is 23.8 Å². The smallest absolute Gasteiger partial charge is 0.126 e. The molecule has 0 amide bonds. The first kappa shape index (κ1) is 14.5. The summed E-state index contributed by atoms with van der Waals surface area (Å²) in [6, 6.07) is 5.91. The second-order valence-corrected chi connectivity index (χ2v) is 5.94. The van der Waals surface area contributed by atoms with E-state index in [1.807, 2.05) is 23.9 Å². The van der Waals surface area contributed by atoms with Crippen LogP contribution in [0.1, 0.15) is 18.9 Å². The van der Waals surface area contributed by atoms with Crippen molar-refractivity contribution in [3.63, 3.8) is 0 Å². The van der Waals surface area contributed by atoms with Gasteiger partial charge in [0.15, 0.2) is 0 Å². The van der Waals surface area contributed by atoms with E-state index in [9.17, 15) is 5.11 Å². The van der Waals surface area contributed by atoms with E-state index in [-0.39, 0.29) is 0 Å². The van der Waals surface area contributed by atoms with E-state index in [0.717, 1.165) is 49.6 Å². The summed E-state index contributed by atoms with van der Waals surface area (Å²) >= 11 is 1.88. The Morgan fingerprint density at radius 1 is 1.42 bits per heavy atom. The Kier molecular flexibility index (Phi) is 5.40. The lowest BCUT2D eigenvalue weighted by atomic mass is 10.0. The van der Waals surface area contributed by atoms with E-state index in [4.69, 9.17) is 4.74 Å². The summed E-state index contributed by atoms with van der Waals surface area (Å²) in [5.41, 5.74) is 0.962. The topological polar surface area (TPSA) is 32.7 Å². The summed E-state index contributed by atoms with van der Waals surface area (Å²) in [5.74, 6) is 2.35. The van der Waals surface area contributed by atoms with Gasteiger partial charge in [0.05, 0.1) is 0 Å². The van der Waals surface area contributed by atoms with Gasteiger partial charge < -0.3 is 9.84 Å². The van der Waals surface area contributed by atoms with Gasteiger partial charge in [-0.3, -0.25) is 4.90 Å². The Balaban J connectivity index is 2.07. The normalized spacial score (nSPS) is 18.2. The van der Waals surface area contributed by atoms with E-state index < -0.39 is 0 Å². The lowest BCUT2D eigenvalue weighted by Gasteiger charge is -2.35. The molecule has 0 spiro atoms. The molecule has 0 aliphatic carbocycles. The molecule has 3 nitrogen and oxygen atoms in total. The molecule has 1 heterocycles. The van der Waals surface area contributed by atoms with Crippen molar-refractivity contribution in [1.82, 2.24) is 4.90 Å². The van der Waals surface area contributed by atoms with Gasteiger partial charge in [0, 0.05) is 23.9 Å². The molecule has 19 heavy (non-hydrogen) atoms. The predicted molar refractivity (Wildman–Crippen MR) is 81.3 cm³/mol. The number of benzene rings is 1. The number of fused-ring (bicyclic) bond motifs is 1. The van der Waals surface area contributed by atoms with Crippen LogP contribution >= 0.6 is 11.8 Å². The van der Waals surface area contributed by atoms with Gasteiger partial charge in [-0.25, -0.2) is 0 Å². The number of nitrogens with zero attached hydrogens (tertiary/aromatic N) is 1. The Hall–Kier alpha value is -0.870. The fraction of sp³-hybridized carbons (Fsp3) is 0.600. The summed E-state index contributed by atoms with van der Waals surface area (Å²) in [7, 11) is 0. The molecular formula is C15H23NO2S. The minimum absolute atomic E-state index is 0.364. The van der Waals surface area contributed by atoms with Gasteiger partial charge in [-0.05, 0) is 37.8 Å². The number of hydrogen-bond acceptors (Lipinski definition) is 4. The molecule has 1 atom stereocenters. The molecule has 1 aromatic rings. The number of thioether (sulfide) groups is 1. The fourth-order valence-electron chi connectivity index (χ4n) is 2.58. The van der Waals surface area contributed by atoms with E-state index >= 15 is 0 Å². The Bertz CT molecular complexity index is 411. The molecule has 0 fully saturated rings. The number of hydrogen-bond donors (Lipinski definition) is 1. The quantitative estimate of drug-likeness (QED) is 0.869. The number of aromatic hydroxyl groups is 1. The van der Waals surface area contributed by atoms with Crippen LogP contribution in [0.25, 0.3) is 0 Å². The van der Waals surface area contributed by atoms with Crippen LogP contribution in [0.4, 0.5) is 0 Å². The van der Waals surface area contributed by atoms with Gasteiger partial charge in [-0.2, -0.15) is 11.8 Å². The molecule has 1 unspecified atom stereocenters. The number of ether oxygens (including phenoxy) is 1. The lowest BCUT2D eigenvalue weighted by Crippen LogP contribution is -2.44. The standard InChI is InChI=1S/C15H23NO2S/c1-3-7-16(8-9-19-2)12-10-13-14(17)5-4-6-15(13)18-11-12/h4-6,12,17H,3,7-11H2,1-2H3. The summed E-state index contributed by atoms with van der Waals surface area (Å²) < 4.78 is 5.82. The average molecular weight is 281 g/mol. The third-order valence-electron chi connectivity index (χ3n) is 3.59. The molecule has 0 aromatic heterocycles. The molecule has 1 aliphatic rings. The van der Waals surface area contributed by atoms with Crippen molar-refractivity contribution in [2.75, 3.05) is 31.7 Å². The Labute approximate surface area is 120 Å². The molecule has 1 aromatic carbocycles. The van der Waals surface area contributed by atoms with E-state index in [1.165, 1.54) is 0 Å². The molecule has 1 N–H and O–H groups in total. The highest BCUT2D eigenvalue weighted by Gasteiger charge is 2.26. The number of rotatable bonds is 6. The summed E-state index contributed by atoms with van der Waals surface area (Å²) in [4.78, 5) is 2.49. The molecule has 0 radical (unpaired) electrons. The van der Waals surface area contributed by atoms with Crippen LogP contribution in [0.3, 0.4) is 0 Å². The third-order valence-corrected chi connectivity index (χ3v) is 4.18. The first-order chi connectivity index (χ1) is 9.26. The molecule has 0 saturated carbocycles.